The molecule has 0 aliphatic heterocycles. The van der Waals surface area contributed by atoms with E-state index in [1.54, 1.807) is 30.3 Å². The van der Waals surface area contributed by atoms with E-state index in [0.717, 1.165) is 5.56 Å². The summed E-state index contributed by atoms with van der Waals surface area (Å²) in [7, 11) is 0. The molecule has 6 heteroatoms. The summed E-state index contributed by atoms with van der Waals surface area (Å²) in [6.07, 6.45) is 0. The zero-order chi connectivity index (χ0) is 20.1. The second kappa shape index (κ2) is 8.91. The maximum atomic E-state index is 12.5. The number of benzene rings is 3. The summed E-state index contributed by atoms with van der Waals surface area (Å²) in [4.78, 5) is 24.8. The highest BCUT2D eigenvalue weighted by Gasteiger charge is 2.15. The number of hydrogen-bond donors (Lipinski definition) is 2. The quantitative estimate of drug-likeness (QED) is 0.561. The van der Waals surface area contributed by atoms with Crippen LogP contribution in [0.3, 0.4) is 0 Å². The number of hydrogen-bond acceptors (Lipinski definition) is 2. The fourth-order valence-corrected chi connectivity index (χ4v) is 3.08. The fourth-order valence-electron chi connectivity index (χ4n) is 2.71. The van der Waals surface area contributed by atoms with Crippen LogP contribution in [-0.2, 0) is 0 Å². The van der Waals surface area contributed by atoms with Crippen molar-refractivity contribution < 1.29 is 9.59 Å². The molecule has 1 unspecified atom stereocenters. The van der Waals surface area contributed by atoms with Crippen LogP contribution in [0.2, 0.25) is 10.0 Å². The smallest absolute Gasteiger partial charge is 0.255 e. The Bertz CT molecular complexity index is 1010. The van der Waals surface area contributed by atoms with E-state index in [-0.39, 0.29) is 17.9 Å². The predicted octanol–water partition coefficient (Wildman–Crippen LogP) is 5.74. The van der Waals surface area contributed by atoms with Crippen LogP contribution in [0, 0.1) is 0 Å². The van der Waals surface area contributed by atoms with Crippen LogP contribution in [0.15, 0.2) is 72.8 Å². The lowest BCUT2D eigenvalue weighted by Gasteiger charge is -2.16. The highest BCUT2D eigenvalue weighted by atomic mass is 35.5. The Morgan fingerprint density at radius 1 is 0.857 bits per heavy atom. The van der Waals surface area contributed by atoms with Gasteiger partial charge in [-0.2, -0.15) is 0 Å². The van der Waals surface area contributed by atoms with Crippen LogP contribution in [0.4, 0.5) is 5.69 Å². The van der Waals surface area contributed by atoms with Gasteiger partial charge in [0.05, 0.1) is 16.6 Å². The van der Waals surface area contributed by atoms with Crippen molar-refractivity contribution in [3.63, 3.8) is 0 Å². The van der Waals surface area contributed by atoms with Gasteiger partial charge in [0.15, 0.2) is 0 Å². The molecule has 0 aliphatic rings. The van der Waals surface area contributed by atoms with Crippen LogP contribution in [0.5, 0.6) is 0 Å². The third-order valence-electron chi connectivity index (χ3n) is 4.20. The Hall–Kier alpha value is -2.82. The molecule has 3 aromatic rings. The molecule has 1 atom stereocenters. The normalized spacial score (nSPS) is 11.5. The second-order valence-corrected chi connectivity index (χ2v) is 7.11. The number of anilines is 1. The minimum absolute atomic E-state index is 0.194. The van der Waals surface area contributed by atoms with E-state index in [1.165, 1.54) is 6.07 Å². The van der Waals surface area contributed by atoms with Gasteiger partial charge in [-0.1, -0.05) is 53.5 Å². The fraction of sp³-hybridized carbons (Fsp3) is 0.0909. The molecule has 0 spiro atoms. The average molecular weight is 413 g/mol. The number of carbonyl (C=O) groups excluding carboxylic acids is 2. The summed E-state index contributed by atoms with van der Waals surface area (Å²) < 4.78 is 0. The Morgan fingerprint density at radius 2 is 1.61 bits per heavy atom. The van der Waals surface area contributed by atoms with Gasteiger partial charge < -0.3 is 10.6 Å². The van der Waals surface area contributed by atoms with Crippen molar-refractivity contribution in [2.24, 2.45) is 0 Å². The molecule has 28 heavy (non-hydrogen) atoms. The average Bonchev–Trinajstić information content (AvgIpc) is 2.70. The SMILES string of the molecule is CC(NC(=O)c1cc(Cl)ccc1Cl)c1cccc(NC(=O)c2ccccc2)c1. The van der Waals surface area contributed by atoms with E-state index in [9.17, 15) is 9.59 Å². The largest absolute Gasteiger partial charge is 0.345 e. The first kappa shape index (κ1) is 19.9. The number of carbonyl (C=O) groups is 2. The maximum absolute atomic E-state index is 12.5. The van der Waals surface area contributed by atoms with Gasteiger partial charge in [-0.25, -0.2) is 0 Å². The maximum Gasteiger partial charge on any atom is 0.255 e. The van der Waals surface area contributed by atoms with Gasteiger partial charge >= 0.3 is 0 Å². The van der Waals surface area contributed by atoms with Crippen LogP contribution >= 0.6 is 23.2 Å². The zero-order valence-corrected chi connectivity index (χ0v) is 16.6. The summed E-state index contributed by atoms with van der Waals surface area (Å²) in [5.74, 6) is -0.515. The van der Waals surface area contributed by atoms with Gasteiger partial charge in [0, 0.05) is 16.3 Å². The molecule has 0 fully saturated rings. The van der Waals surface area contributed by atoms with Crippen LogP contribution in [0.25, 0.3) is 0 Å². The molecular formula is C22H18Cl2N2O2. The van der Waals surface area contributed by atoms with Gasteiger partial charge in [0.1, 0.15) is 0 Å². The van der Waals surface area contributed by atoms with E-state index >= 15 is 0 Å². The molecule has 0 saturated carbocycles. The second-order valence-electron chi connectivity index (χ2n) is 6.26. The number of nitrogens with one attached hydrogen (secondary N) is 2. The van der Waals surface area contributed by atoms with Crippen LogP contribution in [-0.4, -0.2) is 11.8 Å². The van der Waals surface area contributed by atoms with Crippen molar-refractivity contribution in [3.05, 3.63) is 99.5 Å². The minimum Gasteiger partial charge on any atom is -0.345 e. The van der Waals surface area contributed by atoms with E-state index in [0.29, 0.717) is 26.9 Å². The molecule has 2 N–H and O–H groups in total. The molecule has 2 amide bonds. The zero-order valence-electron chi connectivity index (χ0n) is 15.1. The molecule has 3 aromatic carbocycles. The third-order valence-corrected chi connectivity index (χ3v) is 4.77. The Kier molecular flexibility index (Phi) is 6.34. The Morgan fingerprint density at radius 3 is 2.36 bits per heavy atom. The summed E-state index contributed by atoms with van der Waals surface area (Å²) in [6.45, 7) is 1.86. The summed E-state index contributed by atoms with van der Waals surface area (Å²) in [5, 5.41) is 6.53. The van der Waals surface area contributed by atoms with E-state index in [4.69, 9.17) is 23.2 Å². The summed E-state index contributed by atoms with van der Waals surface area (Å²) >= 11 is 12.0. The molecule has 0 bridgehead atoms. The number of amides is 2. The van der Waals surface area contributed by atoms with Crippen molar-refractivity contribution in [1.82, 2.24) is 5.32 Å². The Labute approximate surface area is 173 Å². The Balaban J connectivity index is 1.71. The van der Waals surface area contributed by atoms with Crippen LogP contribution in [0.1, 0.15) is 39.2 Å². The van der Waals surface area contributed by atoms with Gasteiger partial charge in [-0.05, 0) is 55.0 Å². The lowest BCUT2D eigenvalue weighted by atomic mass is 10.1. The molecule has 0 aromatic heterocycles. The van der Waals surface area contributed by atoms with Gasteiger partial charge in [0.2, 0.25) is 0 Å². The molecule has 142 valence electrons. The summed E-state index contributed by atoms with van der Waals surface area (Å²) in [6, 6.07) is 20.7. The highest BCUT2D eigenvalue weighted by molar-refractivity contribution is 6.35. The summed E-state index contributed by atoms with van der Waals surface area (Å²) in [5.41, 5.74) is 2.38. The minimum atomic E-state index is -0.321. The first-order valence-corrected chi connectivity index (χ1v) is 9.42. The lowest BCUT2D eigenvalue weighted by molar-refractivity contribution is 0.0939. The monoisotopic (exact) mass is 412 g/mol. The molecule has 0 aliphatic carbocycles. The van der Waals surface area contributed by atoms with Gasteiger partial charge in [-0.3, -0.25) is 9.59 Å². The molecule has 0 radical (unpaired) electrons. The first-order valence-electron chi connectivity index (χ1n) is 8.66. The predicted molar refractivity (Wildman–Crippen MR) is 113 cm³/mol. The molecule has 0 saturated heterocycles. The standard InChI is InChI=1S/C22H18Cl2N2O2/c1-14(25-22(28)19-13-17(23)10-11-20(19)24)16-8-5-9-18(12-16)26-21(27)15-6-3-2-4-7-15/h2-14H,1H3,(H,25,28)(H,26,27). The first-order chi connectivity index (χ1) is 13.4. The molecule has 0 heterocycles. The van der Waals surface area contributed by atoms with E-state index in [1.807, 2.05) is 43.3 Å². The topological polar surface area (TPSA) is 58.2 Å². The van der Waals surface area contributed by atoms with Crippen molar-refractivity contribution >= 4 is 40.7 Å². The number of rotatable bonds is 5. The van der Waals surface area contributed by atoms with Gasteiger partial charge in [0.25, 0.3) is 11.8 Å². The molecule has 3 rings (SSSR count). The lowest BCUT2D eigenvalue weighted by Crippen LogP contribution is -2.27. The number of halogens is 2. The molecular weight excluding hydrogens is 395 g/mol. The van der Waals surface area contributed by atoms with Crippen molar-refractivity contribution in [2.45, 2.75) is 13.0 Å². The third kappa shape index (κ3) is 4.91. The molecule has 4 nitrogen and oxygen atoms in total. The van der Waals surface area contributed by atoms with Gasteiger partial charge in [-0.15, -0.1) is 0 Å². The van der Waals surface area contributed by atoms with E-state index in [2.05, 4.69) is 10.6 Å². The van der Waals surface area contributed by atoms with Crippen molar-refractivity contribution in [1.29, 1.82) is 0 Å². The van der Waals surface area contributed by atoms with Crippen LogP contribution < -0.4 is 10.6 Å². The van der Waals surface area contributed by atoms with Crippen molar-refractivity contribution in [2.75, 3.05) is 5.32 Å². The highest BCUT2D eigenvalue weighted by Crippen LogP contribution is 2.23. The van der Waals surface area contributed by atoms with E-state index < -0.39 is 0 Å². The van der Waals surface area contributed by atoms with Crippen molar-refractivity contribution in [3.8, 4) is 0 Å².